The van der Waals surface area contributed by atoms with Gasteiger partial charge in [-0.1, -0.05) is 30.3 Å². The van der Waals surface area contributed by atoms with Crippen LogP contribution in [0.1, 0.15) is 17.2 Å². The van der Waals surface area contributed by atoms with Crippen molar-refractivity contribution in [2.75, 3.05) is 7.05 Å². The van der Waals surface area contributed by atoms with Crippen molar-refractivity contribution < 1.29 is 8.78 Å². The summed E-state index contributed by atoms with van der Waals surface area (Å²) in [6.07, 6.45) is 1.69. The van der Waals surface area contributed by atoms with Gasteiger partial charge in [-0.15, -0.1) is 0 Å². The number of fused-ring (bicyclic) bond motifs is 1. The maximum absolute atomic E-state index is 14.0. The highest BCUT2D eigenvalue weighted by Crippen LogP contribution is 2.26. The van der Waals surface area contributed by atoms with Crippen molar-refractivity contribution in [3.63, 3.8) is 0 Å². The maximum atomic E-state index is 14.0. The number of nitrogens with one attached hydrogen (secondary N) is 1. The van der Waals surface area contributed by atoms with Crippen LogP contribution in [0.15, 0.2) is 54.7 Å². The van der Waals surface area contributed by atoms with E-state index in [-0.39, 0.29) is 5.56 Å². The SMILES string of the molecule is CNC(c1cnc2ccccc2c1)c1cccc(F)c1F. The average Bonchev–Trinajstić information content (AvgIpc) is 2.52. The van der Waals surface area contributed by atoms with Gasteiger partial charge >= 0.3 is 0 Å². The van der Waals surface area contributed by atoms with Crippen molar-refractivity contribution in [2.45, 2.75) is 6.04 Å². The van der Waals surface area contributed by atoms with Crippen LogP contribution < -0.4 is 5.32 Å². The molecular formula is C17H14F2N2. The van der Waals surface area contributed by atoms with Crippen LogP contribution in [0.4, 0.5) is 8.78 Å². The van der Waals surface area contributed by atoms with Gasteiger partial charge in [-0.2, -0.15) is 0 Å². The second kappa shape index (κ2) is 5.58. The number of hydrogen-bond donors (Lipinski definition) is 1. The van der Waals surface area contributed by atoms with E-state index in [1.807, 2.05) is 30.3 Å². The molecule has 106 valence electrons. The molecule has 3 aromatic rings. The molecule has 0 fully saturated rings. The third-order valence-corrected chi connectivity index (χ3v) is 3.53. The minimum atomic E-state index is -0.846. The summed E-state index contributed by atoms with van der Waals surface area (Å²) in [5.74, 6) is -1.67. The molecule has 0 amide bonds. The first-order valence-corrected chi connectivity index (χ1v) is 6.66. The van der Waals surface area contributed by atoms with E-state index < -0.39 is 17.7 Å². The minimum absolute atomic E-state index is 0.273. The Morgan fingerprint density at radius 2 is 1.86 bits per heavy atom. The molecule has 21 heavy (non-hydrogen) atoms. The molecule has 1 N–H and O–H groups in total. The highest BCUT2D eigenvalue weighted by Gasteiger charge is 2.19. The van der Waals surface area contributed by atoms with E-state index in [9.17, 15) is 8.78 Å². The van der Waals surface area contributed by atoms with Gasteiger partial charge in [0.2, 0.25) is 0 Å². The number of pyridine rings is 1. The van der Waals surface area contributed by atoms with Gasteiger partial charge in [0, 0.05) is 17.1 Å². The predicted molar refractivity (Wildman–Crippen MR) is 79.0 cm³/mol. The van der Waals surface area contributed by atoms with Crippen LogP contribution in [0.5, 0.6) is 0 Å². The molecule has 0 aliphatic carbocycles. The lowest BCUT2D eigenvalue weighted by Crippen LogP contribution is -2.19. The van der Waals surface area contributed by atoms with E-state index in [2.05, 4.69) is 10.3 Å². The summed E-state index contributed by atoms with van der Waals surface area (Å²) in [5, 5.41) is 3.99. The van der Waals surface area contributed by atoms with Crippen molar-refractivity contribution in [1.82, 2.24) is 10.3 Å². The van der Waals surface area contributed by atoms with Crippen LogP contribution in [0, 0.1) is 11.6 Å². The Balaban J connectivity index is 2.11. The summed E-state index contributed by atoms with van der Waals surface area (Å²) in [4.78, 5) is 4.37. The molecule has 0 aliphatic rings. The van der Waals surface area contributed by atoms with Crippen LogP contribution in [-0.2, 0) is 0 Å². The summed E-state index contributed by atoms with van der Waals surface area (Å²) in [7, 11) is 1.71. The Morgan fingerprint density at radius 1 is 1.05 bits per heavy atom. The van der Waals surface area contributed by atoms with E-state index >= 15 is 0 Å². The number of para-hydroxylation sites is 1. The fraction of sp³-hybridized carbons (Fsp3) is 0.118. The molecule has 0 spiro atoms. The molecule has 1 atom stereocenters. The third-order valence-electron chi connectivity index (χ3n) is 3.53. The molecule has 1 heterocycles. The quantitative estimate of drug-likeness (QED) is 0.791. The fourth-order valence-electron chi connectivity index (χ4n) is 2.49. The van der Waals surface area contributed by atoms with Gasteiger partial charge < -0.3 is 5.32 Å². The highest BCUT2D eigenvalue weighted by molar-refractivity contribution is 5.79. The largest absolute Gasteiger partial charge is 0.309 e. The molecule has 0 radical (unpaired) electrons. The Morgan fingerprint density at radius 3 is 2.67 bits per heavy atom. The van der Waals surface area contributed by atoms with Crippen LogP contribution in [0.25, 0.3) is 10.9 Å². The van der Waals surface area contributed by atoms with Crippen LogP contribution >= 0.6 is 0 Å². The fourth-order valence-corrected chi connectivity index (χ4v) is 2.49. The van der Waals surface area contributed by atoms with Crippen molar-refractivity contribution in [1.29, 1.82) is 0 Å². The Hall–Kier alpha value is -2.33. The van der Waals surface area contributed by atoms with E-state index in [4.69, 9.17) is 0 Å². The molecule has 1 unspecified atom stereocenters. The maximum Gasteiger partial charge on any atom is 0.163 e. The summed E-state index contributed by atoms with van der Waals surface area (Å²) < 4.78 is 27.4. The van der Waals surface area contributed by atoms with E-state index in [1.165, 1.54) is 6.07 Å². The highest BCUT2D eigenvalue weighted by atomic mass is 19.2. The molecule has 1 aromatic heterocycles. The Kier molecular flexibility index (Phi) is 3.62. The van der Waals surface area contributed by atoms with Crippen molar-refractivity contribution >= 4 is 10.9 Å². The summed E-state index contributed by atoms with van der Waals surface area (Å²) >= 11 is 0. The van der Waals surface area contributed by atoms with Crippen LogP contribution in [0.3, 0.4) is 0 Å². The number of hydrogen-bond acceptors (Lipinski definition) is 2. The lowest BCUT2D eigenvalue weighted by atomic mass is 9.98. The molecular weight excluding hydrogens is 270 g/mol. The molecule has 0 saturated carbocycles. The molecule has 0 saturated heterocycles. The van der Waals surface area contributed by atoms with Gasteiger partial charge in [0.25, 0.3) is 0 Å². The third kappa shape index (κ3) is 2.50. The van der Waals surface area contributed by atoms with Gasteiger partial charge in [-0.3, -0.25) is 4.98 Å². The second-order valence-electron chi connectivity index (χ2n) is 4.83. The first-order chi connectivity index (χ1) is 10.2. The van der Waals surface area contributed by atoms with E-state index in [1.54, 1.807) is 19.3 Å². The lowest BCUT2D eigenvalue weighted by molar-refractivity contribution is 0.487. The molecule has 2 nitrogen and oxygen atoms in total. The number of halogens is 2. The monoisotopic (exact) mass is 284 g/mol. The number of rotatable bonds is 3. The van der Waals surface area contributed by atoms with E-state index in [0.29, 0.717) is 0 Å². The Labute approximate surface area is 121 Å². The zero-order chi connectivity index (χ0) is 14.8. The molecule has 4 heteroatoms. The van der Waals surface area contributed by atoms with Crippen molar-refractivity contribution in [3.8, 4) is 0 Å². The second-order valence-corrected chi connectivity index (χ2v) is 4.83. The number of benzene rings is 2. The molecule has 2 aromatic carbocycles. The van der Waals surface area contributed by atoms with Crippen LogP contribution in [0.2, 0.25) is 0 Å². The van der Waals surface area contributed by atoms with Gasteiger partial charge in [0.05, 0.1) is 11.6 Å². The topological polar surface area (TPSA) is 24.9 Å². The first kappa shape index (κ1) is 13.6. The molecule has 0 aliphatic heterocycles. The standard InChI is InChI=1S/C17H14F2N2/c1-20-17(13-6-4-7-14(18)16(13)19)12-9-11-5-2-3-8-15(11)21-10-12/h2-10,17,20H,1H3. The van der Waals surface area contributed by atoms with Gasteiger partial charge in [0.15, 0.2) is 11.6 Å². The lowest BCUT2D eigenvalue weighted by Gasteiger charge is -2.18. The summed E-state index contributed by atoms with van der Waals surface area (Å²) in [5.41, 5.74) is 1.94. The van der Waals surface area contributed by atoms with Gasteiger partial charge in [0.1, 0.15) is 0 Å². The average molecular weight is 284 g/mol. The number of aromatic nitrogens is 1. The Bertz CT molecular complexity index is 787. The normalized spacial score (nSPS) is 12.5. The zero-order valence-corrected chi connectivity index (χ0v) is 11.5. The van der Waals surface area contributed by atoms with E-state index in [0.717, 1.165) is 22.5 Å². The smallest absolute Gasteiger partial charge is 0.163 e. The minimum Gasteiger partial charge on any atom is -0.309 e. The summed E-state index contributed by atoms with van der Waals surface area (Å²) in [6, 6.07) is 13.4. The first-order valence-electron chi connectivity index (χ1n) is 6.66. The van der Waals surface area contributed by atoms with Crippen molar-refractivity contribution in [3.05, 3.63) is 77.5 Å². The predicted octanol–water partition coefficient (Wildman–Crippen LogP) is 3.82. The summed E-state index contributed by atoms with van der Waals surface area (Å²) in [6.45, 7) is 0. The van der Waals surface area contributed by atoms with Gasteiger partial charge in [-0.25, -0.2) is 8.78 Å². The zero-order valence-electron chi connectivity index (χ0n) is 11.5. The van der Waals surface area contributed by atoms with Gasteiger partial charge in [-0.05, 0) is 30.8 Å². The molecule has 3 rings (SSSR count). The molecule has 0 bridgehead atoms. The number of nitrogens with zero attached hydrogens (tertiary/aromatic N) is 1. The van der Waals surface area contributed by atoms with Crippen molar-refractivity contribution in [2.24, 2.45) is 0 Å². The van der Waals surface area contributed by atoms with Crippen LogP contribution in [-0.4, -0.2) is 12.0 Å².